The molecule has 5 heteroatoms. The summed E-state index contributed by atoms with van der Waals surface area (Å²) in [5.41, 5.74) is 0.432. The predicted octanol–water partition coefficient (Wildman–Crippen LogP) is 4.57. The molecule has 0 aromatic heterocycles. The van der Waals surface area contributed by atoms with Crippen LogP contribution in [0.5, 0.6) is 11.5 Å². The van der Waals surface area contributed by atoms with Gasteiger partial charge in [0.15, 0.2) is 23.1 Å². The third kappa shape index (κ3) is 3.30. The molecule has 2 rings (SSSR count). The van der Waals surface area contributed by atoms with E-state index >= 15 is 0 Å². The van der Waals surface area contributed by atoms with Crippen molar-refractivity contribution >= 4 is 15.9 Å². The molecule has 0 aliphatic rings. The maximum atomic E-state index is 13.7. The Morgan fingerprint density at radius 3 is 2.16 bits per heavy atom. The Bertz CT molecular complexity index is 600. The van der Waals surface area contributed by atoms with Gasteiger partial charge in [0.2, 0.25) is 0 Å². The molecule has 1 atom stereocenters. The van der Waals surface area contributed by atoms with Gasteiger partial charge in [0.05, 0.1) is 6.10 Å². The van der Waals surface area contributed by atoms with Crippen LogP contribution >= 0.6 is 15.9 Å². The van der Waals surface area contributed by atoms with E-state index in [1.807, 2.05) is 0 Å². The number of aliphatic hydroxyl groups excluding tert-OH is 1. The number of rotatable bonds is 3. The van der Waals surface area contributed by atoms with E-state index in [4.69, 9.17) is 4.74 Å². The molecule has 2 aromatic rings. The van der Waals surface area contributed by atoms with Gasteiger partial charge in [-0.2, -0.15) is 0 Å². The summed E-state index contributed by atoms with van der Waals surface area (Å²) in [6.45, 7) is 1.53. The molecule has 0 aliphatic carbocycles. The molecule has 0 heterocycles. The molecule has 100 valence electrons. The quantitative estimate of drug-likeness (QED) is 0.894. The van der Waals surface area contributed by atoms with E-state index in [9.17, 15) is 13.9 Å². The van der Waals surface area contributed by atoms with Crippen molar-refractivity contribution in [2.75, 3.05) is 0 Å². The van der Waals surface area contributed by atoms with E-state index in [-0.39, 0.29) is 11.5 Å². The summed E-state index contributed by atoms with van der Waals surface area (Å²) in [6.07, 6.45) is -0.770. The van der Waals surface area contributed by atoms with Crippen LogP contribution in [0.1, 0.15) is 18.6 Å². The molecule has 2 aromatic carbocycles. The van der Waals surface area contributed by atoms with Crippen LogP contribution in [0.15, 0.2) is 40.9 Å². The molecule has 0 radical (unpaired) electrons. The van der Waals surface area contributed by atoms with Crippen LogP contribution in [-0.2, 0) is 0 Å². The molecule has 1 N–H and O–H groups in total. The molecule has 0 saturated carbocycles. The van der Waals surface area contributed by atoms with Gasteiger partial charge in [-0.3, -0.25) is 0 Å². The van der Waals surface area contributed by atoms with E-state index < -0.39 is 17.7 Å². The molecule has 19 heavy (non-hydrogen) atoms. The predicted molar refractivity (Wildman–Crippen MR) is 71.2 cm³/mol. The number of aliphatic hydroxyl groups is 1. The van der Waals surface area contributed by atoms with E-state index in [1.165, 1.54) is 31.2 Å². The molecule has 0 aliphatic heterocycles. The Morgan fingerprint density at radius 1 is 1.05 bits per heavy atom. The zero-order valence-corrected chi connectivity index (χ0v) is 11.6. The van der Waals surface area contributed by atoms with E-state index in [2.05, 4.69) is 15.9 Å². The van der Waals surface area contributed by atoms with Crippen LogP contribution < -0.4 is 4.74 Å². The molecule has 2 nitrogen and oxygen atoms in total. The molecule has 0 amide bonds. The summed E-state index contributed by atoms with van der Waals surface area (Å²) in [7, 11) is 0. The fraction of sp³-hybridized carbons (Fsp3) is 0.143. The first-order valence-corrected chi connectivity index (χ1v) is 6.37. The van der Waals surface area contributed by atoms with Crippen LogP contribution in [0.25, 0.3) is 0 Å². The van der Waals surface area contributed by atoms with Gasteiger partial charge in [-0.15, -0.1) is 0 Å². The highest BCUT2D eigenvalue weighted by Crippen LogP contribution is 2.29. The average molecular weight is 329 g/mol. The summed E-state index contributed by atoms with van der Waals surface area (Å²) in [6, 6.07) is 8.29. The zero-order chi connectivity index (χ0) is 14.0. The summed E-state index contributed by atoms with van der Waals surface area (Å²) >= 11 is 3.12. The SMILES string of the molecule is C[C@@H](O)c1ccc(Oc2ccc(Br)cc2F)c(F)c1. The first-order valence-electron chi connectivity index (χ1n) is 5.58. The molecule has 0 bridgehead atoms. The third-order valence-electron chi connectivity index (χ3n) is 2.55. The van der Waals surface area contributed by atoms with Crippen molar-refractivity contribution in [1.29, 1.82) is 0 Å². The molecule has 0 spiro atoms. The second-order valence-electron chi connectivity index (χ2n) is 4.04. The van der Waals surface area contributed by atoms with Gasteiger partial charge in [-0.05, 0) is 42.8 Å². The Hall–Kier alpha value is -1.46. The molecular weight excluding hydrogens is 318 g/mol. The van der Waals surface area contributed by atoms with Crippen LogP contribution in [-0.4, -0.2) is 5.11 Å². The van der Waals surface area contributed by atoms with E-state index in [0.717, 1.165) is 6.07 Å². The van der Waals surface area contributed by atoms with Gasteiger partial charge >= 0.3 is 0 Å². The maximum absolute atomic E-state index is 13.7. The minimum atomic E-state index is -0.770. The van der Waals surface area contributed by atoms with Gasteiger partial charge < -0.3 is 9.84 Å². The summed E-state index contributed by atoms with van der Waals surface area (Å²) in [4.78, 5) is 0. The van der Waals surface area contributed by atoms with Gasteiger partial charge in [0.1, 0.15) is 0 Å². The smallest absolute Gasteiger partial charge is 0.166 e. The molecule has 0 saturated heterocycles. The zero-order valence-electron chi connectivity index (χ0n) is 10.0. The fourth-order valence-corrected chi connectivity index (χ4v) is 1.87. The van der Waals surface area contributed by atoms with E-state index in [1.54, 1.807) is 6.07 Å². The van der Waals surface area contributed by atoms with Crippen LogP contribution in [0, 0.1) is 11.6 Å². The van der Waals surface area contributed by atoms with Crippen molar-refractivity contribution in [2.24, 2.45) is 0 Å². The van der Waals surface area contributed by atoms with Crippen molar-refractivity contribution in [3.63, 3.8) is 0 Å². The number of halogens is 3. The normalized spacial score (nSPS) is 12.3. The van der Waals surface area contributed by atoms with Crippen LogP contribution in [0.4, 0.5) is 8.78 Å². The van der Waals surface area contributed by atoms with Gasteiger partial charge in [-0.25, -0.2) is 8.78 Å². The largest absolute Gasteiger partial charge is 0.451 e. The summed E-state index contributed by atoms with van der Waals surface area (Å²) in [5.74, 6) is -1.40. The highest BCUT2D eigenvalue weighted by molar-refractivity contribution is 9.10. The minimum Gasteiger partial charge on any atom is -0.451 e. The molecular formula is C14H11BrF2O2. The Labute approximate surface area is 117 Å². The van der Waals surface area contributed by atoms with Crippen molar-refractivity contribution in [1.82, 2.24) is 0 Å². The molecule has 0 fully saturated rings. The number of hydrogen-bond acceptors (Lipinski definition) is 2. The van der Waals surface area contributed by atoms with Gasteiger partial charge in [-0.1, -0.05) is 22.0 Å². The maximum Gasteiger partial charge on any atom is 0.166 e. The lowest BCUT2D eigenvalue weighted by molar-refractivity contribution is 0.198. The summed E-state index contributed by atoms with van der Waals surface area (Å²) in [5, 5.41) is 9.33. The number of ether oxygens (including phenoxy) is 1. The third-order valence-corrected chi connectivity index (χ3v) is 3.05. The molecule has 0 unspecified atom stereocenters. The Kier molecular flexibility index (Phi) is 4.17. The average Bonchev–Trinajstić information content (AvgIpc) is 2.34. The lowest BCUT2D eigenvalue weighted by Gasteiger charge is -2.10. The van der Waals surface area contributed by atoms with E-state index in [0.29, 0.717) is 10.0 Å². The number of hydrogen-bond donors (Lipinski definition) is 1. The summed E-state index contributed by atoms with van der Waals surface area (Å²) < 4.78 is 33.0. The first-order chi connectivity index (χ1) is 8.97. The Morgan fingerprint density at radius 2 is 1.63 bits per heavy atom. The monoisotopic (exact) mass is 328 g/mol. The van der Waals surface area contributed by atoms with Gasteiger partial charge in [0.25, 0.3) is 0 Å². The lowest BCUT2D eigenvalue weighted by Crippen LogP contribution is -1.95. The van der Waals surface area contributed by atoms with Crippen molar-refractivity contribution in [3.05, 3.63) is 58.1 Å². The first kappa shape index (κ1) is 14.0. The van der Waals surface area contributed by atoms with Crippen molar-refractivity contribution in [3.8, 4) is 11.5 Å². The van der Waals surface area contributed by atoms with Crippen molar-refractivity contribution in [2.45, 2.75) is 13.0 Å². The highest BCUT2D eigenvalue weighted by Gasteiger charge is 2.11. The van der Waals surface area contributed by atoms with Gasteiger partial charge in [0, 0.05) is 4.47 Å². The second-order valence-corrected chi connectivity index (χ2v) is 4.96. The second kappa shape index (κ2) is 5.67. The van der Waals surface area contributed by atoms with Crippen molar-refractivity contribution < 1.29 is 18.6 Å². The van der Waals surface area contributed by atoms with Crippen LogP contribution in [0.2, 0.25) is 0 Å². The fourth-order valence-electron chi connectivity index (χ4n) is 1.54. The minimum absolute atomic E-state index is 0.0631. The standard InChI is InChI=1S/C14H11BrF2O2/c1-8(18)9-2-4-13(11(16)6-9)19-14-5-3-10(15)7-12(14)17/h2-8,18H,1H3/t8-/m1/s1. The number of benzene rings is 2. The Balaban J connectivity index is 2.28. The topological polar surface area (TPSA) is 29.5 Å². The van der Waals surface area contributed by atoms with Crippen LogP contribution in [0.3, 0.4) is 0 Å². The highest BCUT2D eigenvalue weighted by atomic mass is 79.9. The lowest BCUT2D eigenvalue weighted by atomic mass is 10.1.